The molecule has 1 aliphatic rings. The fourth-order valence-electron chi connectivity index (χ4n) is 1.46. The maximum absolute atomic E-state index is 11.0. The second kappa shape index (κ2) is 4.13. The van der Waals surface area contributed by atoms with E-state index in [1.54, 1.807) is 11.8 Å². The van der Waals surface area contributed by atoms with E-state index in [1.807, 2.05) is 30.5 Å². The summed E-state index contributed by atoms with van der Waals surface area (Å²) in [5.41, 5.74) is 3.78. The van der Waals surface area contributed by atoms with E-state index in [0.29, 0.717) is 6.42 Å². The molecule has 1 aromatic rings. The van der Waals surface area contributed by atoms with Gasteiger partial charge >= 0.3 is 0 Å². The van der Waals surface area contributed by atoms with Gasteiger partial charge in [-0.2, -0.15) is 0 Å². The van der Waals surface area contributed by atoms with Crippen LogP contribution in [0, 0.1) is 0 Å². The van der Waals surface area contributed by atoms with E-state index in [4.69, 9.17) is 4.74 Å². The van der Waals surface area contributed by atoms with Gasteiger partial charge in [0.2, 0.25) is 6.21 Å². The Balaban J connectivity index is 2.13. The number of ether oxygens (including phenoxy) is 1. The van der Waals surface area contributed by atoms with Gasteiger partial charge in [-0.15, -0.1) is 10.1 Å². The van der Waals surface area contributed by atoms with E-state index in [-0.39, 0.29) is 5.91 Å². The highest BCUT2D eigenvalue weighted by atomic mass is 16.5. The lowest BCUT2D eigenvalue weighted by atomic mass is 10.2. The highest BCUT2D eigenvalue weighted by Crippen LogP contribution is 2.09. The van der Waals surface area contributed by atoms with E-state index in [1.165, 1.54) is 0 Å². The van der Waals surface area contributed by atoms with Crippen LogP contribution in [-0.4, -0.2) is 30.5 Å². The average molecular weight is 205 g/mol. The van der Waals surface area contributed by atoms with Crippen LogP contribution in [0.4, 0.5) is 0 Å². The molecule has 0 atom stereocenters. The molecule has 1 N–H and O–H groups in total. The summed E-state index contributed by atoms with van der Waals surface area (Å²) < 4.78 is 6.85. The van der Waals surface area contributed by atoms with Gasteiger partial charge in [-0.25, -0.2) is 0 Å². The summed E-state index contributed by atoms with van der Waals surface area (Å²) in [6.07, 6.45) is 2.47. The number of methoxy groups -OCH3 is 1. The SMILES string of the molecule is COc1ccc(/C=[N+]2/CCC(=O)N2)cc1. The van der Waals surface area contributed by atoms with Crippen LogP contribution in [0.1, 0.15) is 12.0 Å². The van der Waals surface area contributed by atoms with Crippen LogP contribution < -0.4 is 10.2 Å². The van der Waals surface area contributed by atoms with Gasteiger partial charge in [0.25, 0.3) is 5.91 Å². The van der Waals surface area contributed by atoms with E-state index >= 15 is 0 Å². The largest absolute Gasteiger partial charge is 0.497 e. The Morgan fingerprint density at radius 1 is 1.40 bits per heavy atom. The first-order chi connectivity index (χ1) is 7.28. The minimum atomic E-state index is 0.0692. The molecule has 4 heteroatoms. The van der Waals surface area contributed by atoms with E-state index in [9.17, 15) is 4.79 Å². The zero-order valence-corrected chi connectivity index (χ0v) is 8.56. The van der Waals surface area contributed by atoms with Crippen LogP contribution in [0.5, 0.6) is 5.75 Å². The minimum Gasteiger partial charge on any atom is -0.497 e. The zero-order chi connectivity index (χ0) is 10.7. The molecule has 1 heterocycles. The number of nitrogens with one attached hydrogen (secondary N) is 1. The number of rotatable bonds is 2. The van der Waals surface area contributed by atoms with Crippen molar-refractivity contribution in [3.05, 3.63) is 29.8 Å². The van der Waals surface area contributed by atoms with Gasteiger partial charge in [-0.3, -0.25) is 4.79 Å². The summed E-state index contributed by atoms with van der Waals surface area (Å²) in [6.45, 7) is 0.727. The van der Waals surface area contributed by atoms with Crippen molar-refractivity contribution in [1.82, 2.24) is 5.43 Å². The molecular formula is C11H13N2O2+. The van der Waals surface area contributed by atoms with Crippen LogP contribution in [0.3, 0.4) is 0 Å². The Kier molecular flexibility index (Phi) is 2.67. The van der Waals surface area contributed by atoms with Gasteiger partial charge < -0.3 is 4.74 Å². The molecule has 4 nitrogen and oxygen atoms in total. The second-order valence-electron chi connectivity index (χ2n) is 3.38. The summed E-state index contributed by atoms with van der Waals surface area (Å²) in [7, 11) is 1.64. The predicted molar refractivity (Wildman–Crippen MR) is 56.0 cm³/mol. The fourth-order valence-corrected chi connectivity index (χ4v) is 1.46. The quantitative estimate of drug-likeness (QED) is 0.717. The second-order valence-corrected chi connectivity index (χ2v) is 3.38. The molecule has 0 aliphatic carbocycles. The van der Waals surface area contributed by atoms with Crippen LogP contribution in [0.25, 0.3) is 0 Å². The van der Waals surface area contributed by atoms with E-state index in [2.05, 4.69) is 5.43 Å². The Labute approximate surface area is 88.2 Å². The van der Waals surface area contributed by atoms with Gasteiger partial charge in [0, 0.05) is 5.56 Å². The van der Waals surface area contributed by atoms with Crippen molar-refractivity contribution in [2.45, 2.75) is 6.42 Å². The molecule has 0 spiro atoms. The monoisotopic (exact) mass is 205 g/mol. The molecule has 1 aliphatic heterocycles. The number of hydrazine groups is 1. The topological polar surface area (TPSA) is 41.3 Å². The van der Waals surface area contributed by atoms with Crippen LogP contribution in [0.15, 0.2) is 24.3 Å². The van der Waals surface area contributed by atoms with E-state index in [0.717, 1.165) is 17.9 Å². The summed E-state index contributed by atoms with van der Waals surface area (Å²) in [4.78, 5) is 11.0. The first kappa shape index (κ1) is 9.71. The summed E-state index contributed by atoms with van der Waals surface area (Å²) in [6, 6.07) is 7.68. The van der Waals surface area contributed by atoms with E-state index < -0.39 is 0 Å². The third-order valence-corrected chi connectivity index (χ3v) is 2.27. The molecule has 0 saturated carbocycles. The molecule has 1 amide bonds. The molecule has 78 valence electrons. The molecule has 15 heavy (non-hydrogen) atoms. The first-order valence-electron chi connectivity index (χ1n) is 4.83. The molecule has 1 saturated heterocycles. The van der Waals surface area contributed by atoms with Crippen molar-refractivity contribution in [3.8, 4) is 5.75 Å². The standard InChI is InChI=1S/C11H12N2O2/c1-15-10-4-2-9(3-5-10)8-13-7-6-11(14)12-13/h2-5,8H,6-7H2,1H3/p+1/b13-8-. The molecule has 0 radical (unpaired) electrons. The summed E-state index contributed by atoms with van der Waals surface area (Å²) in [5.74, 6) is 0.900. The first-order valence-corrected chi connectivity index (χ1v) is 4.83. The van der Waals surface area contributed by atoms with Gasteiger partial charge in [0.15, 0.2) is 6.54 Å². The Morgan fingerprint density at radius 3 is 2.67 bits per heavy atom. The molecule has 0 unspecified atom stereocenters. The predicted octanol–water partition coefficient (Wildman–Crippen LogP) is 0.561. The van der Waals surface area contributed by atoms with Crippen LogP contribution in [-0.2, 0) is 4.79 Å². The Bertz CT molecular complexity index is 396. The number of amides is 1. The number of nitrogens with zero attached hydrogens (tertiary/aromatic N) is 1. The Morgan fingerprint density at radius 2 is 2.13 bits per heavy atom. The smallest absolute Gasteiger partial charge is 0.280 e. The normalized spacial score (nSPS) is 17.9. The molecule has 0 aromatic heterocycles. The van der Waals surface area contributed by atoms with Crippen molar-refractivity contribution >= 4 is 12.1 Å². The molecule has 1 aromatic carbocycles. The summed E-state index contributed by atoms with van der Waals surface area (Å²) >= 11 is 0. The minimum absolute atomic E-state index is 0.0692. The molecule has 2 rings (SSSR count). The van der Waals surface area contributed by atoms with Crippen molar-refractivity contribution in [3.63, 3.8) is 0 Å². The average Bonchev–Trinajstić information content (AvgIpc) is 2.65. The number of carbonyl (C=O) groups excluding carboxylic acids is 1. The molecule has 0 bridgehead atoms. The van der Waals surface area contributed by atoms with Crippen LogP contribution >= 0.6 is 0 Å². The number of carbonyl (C=O) groups is 1. The lowest BCUT2D eigenvalue weighted by molar-refractivity contribution is -0.553. The van der Waals surface area contributed by atoms with Gasteiger partial charge in [0.05, 0.1) is 13.5 Å². The molecular weight excluding hydrogens is 192 g/mol. The number of hydrogen-bond acceptors (Lipinski definition) is 2. The van der Waals surface area contributed by atoms with Gasteiger partial charge in [-0.05, 0) is 24.3 Å². The van der Waals surface area contributed by atoms with Gasteiger partial charge in [0.1, 0.15) is 5.75 Å². The zero-order valence-electron chi connectivity index (χ0n) is 8.56. The maximum Gasteiger partial charge on any atom is 0.280 e. The van der Waals surface area contributed by atoms with Crippen molar-refractivity contribution in [2.24, 2.45) is 0 Å². The highest BCUT2D eigenvalue weighted by molar-refractivity contribution is 5.79. The maximum atomic E-state index is 11.0. The van der Waals surface area contributed by atoms with Crippen molar-refractivity contribution in [1.29, 1.82) is 0 Å². The number of benzene rings is 1. The third-order valence-electron chi connectivity index (χ3n) is 2.27. The highest BCUT2D eigenvalue weighted by Gasteiger charge is 2.20. The number of hydrogen-bond donors (Lipinski definition) is 1. The lowest BCUT2D eigenvalue weighted by Crippen LogP contribution is -2.25. The summed E-state index contributed by atoms with van der Waals surface area (Å²) in [5, 5.41) is 0. The lowest BCUT2D eigenvalue weighted by Gasteiger charge is -1.98. The molecule has 1 fully saturated rings. The van der Waals surface area contributed by atoms with Crippen molar-refractivity contribution in [2.75, 3.05) is 13.7 Å². The van der Waals surface area contributed by atoms with Crippen LogP contribution in [0.2, 0.25) is 0 Å². The third kappa shape index (κ3) is 2.34. The fraction of sp³-hybridized carbons (Fsp3) is 0.273. The number of hydrazone groups is 1. The Hall–Kier alpha value is -1.84. The van der Waals surface area contributed by atoms with Gasteiger partial charge in [-0.1, -0.05) is 0 Å². The van der Waals surface area contributed by atoms with Crippen molar-refractivity contribution < 1.29 is 14.2 Å².